The van der Waals surface area contributed by atoms with Crippen molar-refractivity contribution >= 4 is 73.7 Å². The number of aliphatic hydroxyl groups excluding tert-OH is 1. The number of rotatable bonds is 4. The molecule has 0 aliphatic heterocycles. The van der Waals surface area contributed by atoms with Crippen molar-refractivity contribution in [2.75, 3.05) is 0 Å². The molecule has 4 aliphatic rings. The Morgan fingerprint density at radius 2 is 1.80 bits per heavy atom. The molecule has 136 valence electrons. The van der Waals surface area contributed by atoms with E-state index in [0.717, 1.165) is 48.4 Å². The van der Waals surface area contributed by atoms with Gasteiger partial charge in [0.05, 0.1) is 11.0 Å². The van der Waals surface area contributed by atoms with Gasteiger partial charge in [-0.3, -0.25) is 4.79 Å². The summed E-state index contributed by atoms with van der Waals surface area (Å²) in [5.74, 6) is 0.154. The second-order valence-electron chi connectivity index (χ2n) is 7.99. The van der Waals surface area contributed by atoms with Crippen LogP contribution in [0.15, 0.2) is 12.1 Å². The van der Waals surface area contributed by atoms with E-state index < -0.39 is 23.3 Å². The first kappa shape index (κ1) is 19.1. The van der Waals surface area contributed by atoms with E-state index in [4.69, 9.17) is 4.74 Å². The number of aliphatic hydroxyl groups is 1. The first-order valence-corrected chi connectivity index (χ1v) is 11.7. The maximum absolute atomic E-state index is 12.0. The van der Waals surface area contributed by atoms with Gasteiger partial charge in [0.2, 0.25) is 0 Å². The number of ether oxygens (including phenoxy) is 1. The highest BCUT2D eigenvalue weighted by atomic mass is 127. The normalized spacial score (nSPS) is 37.3. The van der Waals surface area contributed by atoms with Crippen LogP contribution in [0.4, 0.5) is 0 Å². The Morgan fingerprint density at radius 1 is 1.16 bits per heavy atom. The van der Waals surface area contributed by atoms with Crippen molar-refractivity contribution in [1.29, 1.82) is 0 Å². The fourth-order valence-electron chi connectivity index (χ4n) is 5.62. The molecule has 4 saturated carbocycles. The number of hydrogen-bond donors (Lipinski definition) is 2. The lowest BCUT2D eigenvalue weighted by atomic mass is 9.48. The average Bonchev–Trinajstić information content (AvgIpc) is 2.48. The van der Waals surface area contributed by atoms with Crippen LogP contribution in [0.25, 0.3) is 0 Å². The third kappa shape index (κ3) is 3.38. The Labute approximate surface area is 187 Å². The molecule has 2 N–H and O–H groups in total. The molecular formula is C18H19I3O4. The summed E-state index contributed by atoms with van der Waals surface area (Å²) < 4.78 is 9.44. The minimum absolute atomic E-state index is 0.416. The summed E-state index contributed by atoms with van der Waals surface area (Å²) in [6, 6.07) is 4.03. The molecule has 3 unspecified atom stereocenters. The summed E-state index contributed by atoms with van der Waals surface area (Å²) >= 11 is 6.77. The van der Waals surface area contributed by atoms with Crippen LogP contribution in [0.1, 0.15) is 50.4 Å². The molecule has 4 nitrogen and oxygen atoms in total. The molecular weight excluding hydrogens is 661 g/mol. The van der Waals surface area contributed by atoms with Crippen LogP contribution in [-0.4, -0.2) is 21.8 Å². The Balaban J connectivity index is 1.63. The summed E-state index contributed by atoms with van der Waals surface area (Å²) in [5.41, 5.74) is -0.342. The maximum atomic E-state index is 12.0. The van der Waals surface area contributed by atoms with Gasteiger partial charge in [-0.2, -0.15) is 0 Å². The smallest absolute Gasteiger partial charge is 0.309 e. The summed E-state index contributed by atoms with van der Waals surface area (Å²) in [6.45, 7) is 0. The van der Waals surface area contributed by atoms with Crippen LogP contribution in [0.3, 0.4) is 0 Å². The summed E-state index contributed by atoms with van der Waals surface area (Å²) in [6.07, 6.45) is 3.97. The third-order valence-electron chi connectivity index (χ3n) is 6.11. The topological polar surface area (TPSA) is 66.8 Å². The van der Waals surface area contributed by atoms with E-state index in [1.165, 1.54) is 0 Å². The van der Waals surface area contributed by atoms with Crippen molar-refractivity contribution in [2.24, 2.45) is 17.3 Å². The number of carboxylic acid groups (broad SMARTS) is 1. The molecule has 1 aromatic rings. The quantitative estimate of drug-likeness (QED) is 0.269. The molecule has 5 rings (SSSR count). The summed E-state index contributed by atoms with van der Waals surface area (Å²) in [7, 11) is 0. The van der Waals surface area contributed by atoms with E-state index in [1.807, 2.05) is 6.07 Å². The van der Waals surface area contributed by atoms with Gasteiger partial charge in [-0.15, -0.1) is 0 Å². The predicted octanol–water partition coefficient (Wildman–Crippen LogP) is 4.93. The Hall–Kier alpha value is 0.800. The molecule has 4 fully saturated rings. The zero-order valence-electron chi connectivity index (χ0n) is 13.5. The molecule has 0 amide bonds. The molecule has 0 spiro atoms. The van der Waals surface area contributed by atoms with Gasteiger partial charge < -0.3 is 14.9 Å². The fourth-order valence-corrected chi connectivity index (χ4v) is 8.09. The maximum Gasteiger partial charge on any atom is 0.309 e. The largest absolute Gasteiger partial charge is 0.481 e. The second kappa shape index (κ2) is 6.70. The lowest BCUT2D eigenvalue weighted by Crippen LogP contribution is -2.59. The van der Waals surface area contributed by atoms with Crippen LogP contribution >= 0.6 is 67.8 Å². The number of hydrogen-bond acceptors (Lipinski definition) is 3. The van der Waals surface area contributed by atoms with Crippen molar-refractivity contribution in [3.8, 4) is 0 Å². The minimum atomic E-state index is -1.00. The van der Waals surface area contributed by atoms with Gasteiger partial charge in [0.15, 0.2) is 6.29 Å². The SMILES string of the molecule is O=C(O)C12CC3CC(CC(OC(O)c4cc(I)cc(I)c4I)(C3)C1)C2. The van der Waals surface area contributed by atoms with Gasteiger partial charge >= 0.3 is 5.97 Å². The van der Waals surface area contributed by atoms with E-state index in [0.29, 0.717) is 18.3 Å². The molecule has 0 heterocycles. The number of carboxylic acids is 1. The number of aliphatic carboxylic acids is 1. The van der Waals surface area contributed by atoms with Gasteiger partial charge in [0.25, 0.3) is 0 Å². The first-order valence-electron chi connectivity index (χ1n) is 8.46. The zero-order valence-corrected chi connectivity index (χ0v) is 19.9. The molecule has 0 saturated heterocycles. The van der Waals surface area contributed by atoms with Gasteiger partial charge in [0.1, 0.15) is 0 Å². The highest BCUT2D eigenvalue weighted by Crippen LogP contribution is 2.63. The van der Waals surface area contributed by atoms with Crippen molar-refractivity contribution in [3.63, 3.8) is 0 Å². The monoisotopic (exact) mass is 680 g/mol. The number of carbonyl (C=O) groups is 1. The lowest BCUT2D eigenvalue weighted by molar-refractivity contribution is -0.260. The van der Waals surface area contributed by atoms with Crippen molar-refractivity contribution < 1.29 is 19.7 Å². The molecule has 25 heavy (non-hydrogen) atoms. The van der Waals surface area contributed by atoms with Crippen molar-refractivity contribution in [3.05, 3.63) is 28.4 Å². The third-order valence-corrected chi connectivity index (χ3v) is 9.82. The van der Waals surface area contributed by atoms with E-state index in [9.17, 15) is 15.0 Å². The van der Waals surface area contributed by atoms with Crippen LogP contribution in [0, 0.1) is 28.0 Å². The highest BCUT2D eigenvalue weighted by molar-refractivity contribution is 14.1. The Kier molecular flexibility index (Phi) is 5.12. The van der Waals surface area contributed by atoms with E-state index in [2.05, 4.69) is 73.8 Å². The van der Waals surface area contributed by atoms with Gasteiger partial charge in [0, 0.05) is 16.3 Å². The molecule has 7 heteroatoms. The van der Waals surface area contributed by atoms with E-state index >= 15 is 0 Å². The molecule has 1 aromatic carbocycles. The molecule has 0 aromatic heterocycles. The van der Waals surface area contributed by atoms with Crippen LogP contribution in [0.5, 0.6) is 0 Å². The van der Waals surface area contributed by atoms with Crippen molar-refractivity contribution in [2.45, 2.75) is 50.4 Å². The van der Waals surface area contributed by atoms with Crippen LogP contribution in [-0.2, 0) is 9.53 Å². The van der Waals surface area contributed by atoms with E-state index in [-0.39, 0.29) is 0 Å². The molecule has 0 radical (unpaired) electrons. The van der Waals surface area contributed by atoms with Gasteiger partial charge in [-0.1, -0.05) is 0 Å². The molecule has 4 bridgehead atoms. The van der Waals surface area contributed by atoms with Gasteiger partial charge in [-0.25, -0.2) is 0 Å². The fraction of sp³-hybridized carbons (Fsp3) is 0.611. The van der Waals surface area contributed by atoms with Crippen LogP contribution in [0.2, 0.25) is 0 Å². The average molecular weight is 680 g/mol. The van der Waals surface area contributed by atoms with Crippen LogP contribution < -0.4 is 0 Å². The standard InChI is InChI=1S/C18H19I3O4/c19-11-2-12(14(21)13(20)3-11)15(22)25-18-6-9-1-10(7-18)5-17(4-9,8-18)16(23)24/h2-3,9-10,15,22H,1,4-8H2,(H,23,24). The minimum Gasteiger partial charge on any atom is -0.481 e. The Bertz CT molecular complexity index is 721. The first-order chi connectivity index (χ1) is 11.7. The van der Waals surface area contributed by atoms with E-state index in [1.54, 1.807) is 0 Å². The molecule has 3 atom stereocenters. The Morgan fingerprint density at radius 3 is 2.40 bits per heavy atom. The predicted molar refractivity (Wildman–Crippen MR) is 118 cm³/mol. The molecule has 4 aliphatic carbocycles. The highest BCUT2D eigenvalue weighted by Gasteiger charge is 2.62. The summed E-state index contributed by atoms with van der Waals surface area (Å²) in [4.78, 5) is 12.0. The second-order valence-corrected chi connectivity index (χ2v) is 11.5. The zero-order chi connectivity index (χ0) is 18.0. The lowest BCUT2D eigenvalue weighted by Gasteiger charge is -2.60. The summed E-state index contributed by atoms with van der Waals surface area (Å²) in [5, 5.41) is 20.7. The van der Waals surface area contributed by atoms with Crippen molar-refractivity contribution in [1.82, 2.24) is 0 Å². The van der Waals surface area contributed by atoms with Gasteiger partial charge in [-0.05, 0) is 130 Å². The number of benzene rings is 1. The number of halogens is 3.